The van der Waals surface area contributed by atoms with Crippen molar-refractivity contribution >= 4 is 143 Å². The van der Waals surface area contributed by atoms with Crippen LogP contribution in [0.15, 0.2) is 419 Å². The number of benzene rings is 16. The Morgan fingerprint density at radius 3 is 0.851 bits per heavy atom. The first-order valence-corrected chi connectivity index (χ1v) is 42.2. The van der Waals surface area contributed by atoms with Crippen molar-refractivity contribution in [2.75, 3.05) is 20.9 Å². The van der Waals surface area contributed by atoms with Crippen LogP contribution >= 0.6 is 47.8 Å². The van der Waals surface area contributed by atoms with Gasteiger partial charge in [0.15, 0.2) is 22.3 Å². The fourth-order valence-corrected chi connectivity index (χ4v) is 16.7. The van der Waals surface area contributed by atoms with E-state index < -0.39 is 0 Å². The molecule has 0 aliphatic heterocycles. The lowest BCUT2D eigenvalue weighted by atomic mass is 9.82. The largest absolute Gasteiger partial charge is 0.436 e. The van der Waals surface area contributed by atoms with Crippen LogP contribution in [0.25, 0.3) is 112 Å². The van der Waals surface area contributed by atoms with Gasteiger partial charge in [0.1, 0.15) is 22.1 Å². The number of hydrogen-bond acceptors (Lipinski definition) is 12. The summed E-state index contributed by atoms with van der Waals surface area (Å²) in [6.45, 7) is 9.26. The van der Waals surface area contributed by atoms with Gasteiger partial charge < -0.3 is 38.5 Å². The summed E-state index contributed by atoms with van der Waals surface area (Å²) >= 11 is 10.4. The predicted octanol–water partition coefficient (Wildman–Crippen LogP) is 30.8. The summed E-state index contributed by atoms with van der Waals surface area (Å²) in [4.78, 5) is 23.0. The number of nitrogens with one attached hydrogen (secondary N) is 1. The molecule has 0 atom stereocenters. The number of halogens is 3. The number of nitrogen functional groups attached to an aromatic ring is 1. The molecule has 12 nitrogen and oxygen atoms in total. The van der Waals surface area contributed by atoms with E-state index in [1.165, 1.54) is 44.5 Å². The van der Waals surface area contributed by atoms with Gasteiger partial charge in [-0.1, -0.05) is 221 Å². The van der Waals surface area contributed by atoms with Crippen LogP contribution in [-0.2, 0) is 10.8 Å². The van der Waals surface area contributed by atoms with E-state index in [-0.39, 0.29) is 10.8 Å². The standard InChI is InChI=1S/C53H38N4O2.C19H14N2O.C15H12Br2.C13H10N2O.C6H5Br/c1-53(2)45-33-41(56(37-13-5-3-6-14-37)39-25-21-35(22-26-39)51-54-47-17-9-11-19-49(47)58-51)29-31-43(45)44-32-30-42(34-46(44)53)57(38-15-7-4-8-16-38)40-27-23-36(24-28-40)52-55-48-18-10-12-20-50(48)59-52;1-2-6-15(7-3-1)20-16-12-10-14(11-13-16)19-21-17-8-4-5-9-18(17)22-19;1-15(2)13-7-9(16)3-5-11(13)12-6-4-10(17)8-14(12)15;14-10-7-5-9(6-8-10)13-15-11-3-1-2-4-12(11)16-13;7-6-4-2-1-3-5-6/h3-34H,1-2H3;1-13,20H;3-8H,1-2H3;1-8H,14H2;1-5H. The number of fused-ring (bicyclic) bond motifs is 10. The van der Waals surface area contributed by atoms with Gasteiger partial charge in [0, 0.05) is 97.7 Å². The average molecular weight is 1770 g/mol. The minimum Gasteiger partial charge on any atom is -0.436 e. The molecule has 0 fully saturated rings. The first kappa shape index (κ1) is 78.2. The topological polar surface area (TPSA) is 149 Å². The van der Waals surface area contributed by atoms with E-state index in [0.29, 0.717) is 23.6 Å². The molecule has 588 valence electrons. The SMILES string of the molecule is Brc1ccccc1.CC1(C)c2cc(Br)ccc2-c2ccc(Br)cc21.CC1(C)c2cc(N(c3ccccc3)c3ccc(-c4nc5ccccc5o4)cc3)ccc2-c2ccc(N(c3ccccc3)c3ccc(-c4nc5ccccc5o4)cc3)cc21.Nc1ccc(-c2nc3ccccc3o2)cc1.c1ccc(Nc2ccc(-c3nc4ccccc4o3)cc2)cc1. The van der Waals surface area contributed by atoms with Crippen molar-refractivity contribution in [3.8, 4) is 68.1 Å². The zero-order chi connectivity index (χ0) is 82.6. The molecule has 3 N–H and O–H groups in total. The quantitative estimate of drug-likeness (QED) is 0.112. The van der Waals surface area contributed by atoms with Crippen LogP contribution in [-0.4, -0.2) is 19.9 Å². The fraction of sp³-hybridized carbons (Fsp3) is 0.0566. The van der Waals surface area contributed by atoms with Crippen molar-refractivity contribution in [1.82, 2.24) is 19.9 Å². The maximum Gasteiger partial charge on any atom is 0.227 e. The minimum absolute atomic E-state index is 0.0816. The summed E-state index contributed by atoms with van der Waals surface area (Å²) < 4.78 is 27.1. The second kappa shape index (κ2) is 34.2. The van der Waals surface area contributed by atoms with Gasteiger partial charge in [0.05, 0.1) is 0 Å². The third-order valence-electron chi connectivity index (χ3n) is 21.8. The molecule has 121 heavy (non-hydrogen) atoms. The molecule has 20 aromatic rings. The van der Waals surface area contributed by atoms with Gasteiger partial charge in [0.2, 0.25) is 23.6 Å². The van der Waals surface area contributed by atoms with Gasteiger partial charge in [-0.25, -0.2) is 19.9 Å². The Kier molecular flexibility index (Phi) is 22.1. The Labute approximate surface area is 726 Å². The molecular weight excluding hydrogens is 1690 g/mol. The smallest absolute Gasteiger partial charge is 0.227 e. The van der Waals surface area contributed by atoms with Crippen molar-refractivity contribution in [1.29, 1.82) is 0 Å². The highest BCUT2D eigenvalue weighted by atomic mass is 79.9. The molecule has 4 heterocycles. The number of hydrogen-bond donors (Lipinski definition) is 2. The number of oxazole rings is 4. The second-order valence-corrected chi connectivity index (χ2v) is 33.2. The van der Waals surface area contributed by atoms with Crippen LogP contribution in [0, 0.1) is 0 Å². The molecule has 0 amide bonds. The fourth-order valence-electron chi connectivity index (χ4n) is 15.6. The van der Waals surface area contributed by atoms with Gasteiger partial charge in [-0.2, -0.15) is 0 Å². The number of nitrogens with zero attached hydrogens (tertiary/aromatic N) is 6. The Bertz CT molecular complexity index is 6640. The third-order valence-corrected chi connectivity index (χ3v) is 23.3. The lowest BCUT2D eigenvalue weighted by Gasteiger charge is -2.29. The highest BCUT2D eigenvalue weighted by Gasteiger charge is 2.38. The molecule has 16 aromatic carbocycles. The lowest BCUT2D eigenvalue weighted by molar-refractivity contribution is 0.619. The minimum atomic E-state index is -0.269. The monoisotopic (exact) mass is 1760 g/mol. The van der Waals surface area contributed by atoms with Crippen LogP contribution in [0.2, 0.25) is 0 Å². The van der Waals surface area contributed by atoms with E-state index in [2.05, 4.69) is 283 Å². The van der Waals surface area contributed by atoms with E-state index in [9.17, 15) is 0 Å². The van der Waals surface area contributed by atoms with E-state index in [4.69, 9.17) is 33.4 Å². The molecule has 2 aliphatic carbocycles. The summed E-state index contributed by atoms with van der Waals surface area (Å²) in [6.07, 6.45) is 0. The van der Waals surface area contributed by atoms with Crippen LogP contribution in [0.1, 0.15) is 49.9 Å². The molecular formula is C106H79Br3N8O4. The first-order chi connectivity index (χ1) is 59.1. The summed E-state index contributed by atoms with van der Waals surface area (Å²) in [6, 6.07) is 132. The van der Waals surface area contributed by atoms with Gasteiger partial charge in [0.25, 0.3) is 0 Å². The molecule has 0 radical (unpaired) electrons. The van der Waals surface area contributed by atoms with Crippen LogP contribution in [0.3, 0.4) is 0 Å². The van der Waals surface area contributed by atoms with Crippen molar-refractivity contribution < 1.29 is 17.7 Å². The molecule has 0 spiro atoms. The first-order valence-electron chi connectivity index (χ1n) is 39.8. The number of anilines is 9. The van der Waals surface area contributed by atoms with Gasteiger partial charge in [-0.05, 0) is 287 Å². The summed E-state index contributed by atoms with van der Waals surface area (Å²) in [5.74, 6) is 2.50. The van der Waals surface area contributed by atoms with E-state index >= 15 is 0 Å². The normalized spacial score (nSPS) is 12.3. The van der Waals surface area contributed by atoms with Gasteiger partial charge >= 0.3 is 0 Å². The molecule has 15 heteroatoms. The number of rotatable bonds is 12. The zero-order valence-electron chi connectivity index (χ0n) is 66.5. The zero-order valence-corrected chi connectivity index (χ0v) is 71.2. The second-order valence-electron chi connectivity index (χ2n) is 30.5. The third kappa shape index (κ3) is 16.7. The molecule has 0 saturated heterocycles. The van der Waals surface area contributed by atoms with Crippen molar-refractivity contribution in [3.05, 3.63) is 424 Å². The Morgan fingerprint density at radius 1 is 0.256 bits per heavy atom. The number of para-hydroxylation sites is 11. The molecule has 0 bridgehead atoms. The Morgan fingerprint density at radius 2 is 0.521 bits per heavy atom. The molecule has 0 unspecified atom stereocenters. The summed E-state index contributed by atoms with van der Waals surface area (Å²) in [7, 11) is 0. The Hall–Kier alpha value is -14.0. The van der Waals surface area contributed by atoms with Crippen LogP contribution < -0.4 is 20.9 Å². The van der Waals surface area contributed by atoms with Gasteiger partial charge in [-0.15, -0.1) is 0 Å². The van der Waals surface area contributed by atoms with Gasteiger partial charge in [-0.3, -0.25) is 0 Å². The molecule has 22 rings (SSSR count). The molecule has 4 aromatic heterocycles. The van der Waals surface area contributed by atoms with Crippen molar-refractivity contribution in [2.24, 2.45) is 0 Å². The molecule has 0 saturated carbocycles. The summed E-state index contributed by atoms with van der Waals surface area (Å²) in [5.41, 5.74) is 35.8. The Balaban J connectivity index is 0.000000129. The summed E-state index contributed by atoms with van der Waals surface area (Å²) in [5, 5.41) is 3.36. The number of aromatic nitrogens is 4. The van der Waals surface area contributed by atoms with Crippen molar-refractivity contribution in [2.45, 2.75) is 38.5 Å². The average Bonchev–Trinajstić information content (AvgIpc) is 1.57. The van der Waals surface area contributed by atoms with Crippen LogP contribution in [0.4, 0.5) is 51.2 Å². The highest BCUT2D eigenvalue weighted by molar-refractivity contribution is 9.11. The van der Waals surface area contributed by atoms with Crippen LogP contribution in [0.5, 0.6) is 0 Å². The van der Waals surface area contributed by atoms with Crippen molar-refractivity contribution in [3.63, 3.8) is 0 Å². The molecule has 2 aliphatic rings. The van der Waals surface area contributed by atoms with E-state index in [1.54, 1.807) is 0 Å². The lowest BCUT2D eigenvalue weighted by Crippen LogP contribution is -2.17. The number of nitrogens with two attached hydrogens (primary N) is 1. The van der Waals surface area contributed by atoms with E-state index in [1.807, 2.05) is 206 Å². The predicted molar refractivity (Wildman–Crippen MR) is 506 cm³/mol. The highest BCUT2D eigenvalue weighted by Crippen LogP contribution is 2.54. The maximum absolute atomic E-state index is 6.10. The van der Waals surface area contributed by atoms with E-state index in [0.717, 1.165) is 131 Å². The maximum atomic E-state index is 6.10.